The van der Waals surface area contributed by atoms with Crippen LogP contribution in [0.5, 0.6) is 0 Å². The molecule has 1 aliphatic heterocycles. The van der Waals surface area contributed by atoms with Crippen LogP contribution in [0.1, 0.15) is 35.6 Å². The minimum absolute atomic E-state index is 0.216. The van der Waals surface area contributed by atoms with Gasteiger partial charge >= 0.3 is 0 Å². The average Bonchev–Trinajstić information content (AvgIpc) is 3.34. The van der Waals surface area contributed by atoms with Crippen molar-refractivity contribution in [1.82, 2.24) is 9.47 Å². The molecule has 0 unspecified atom stereocenters. The van der Waals surface area contributed by atoms with Crippen LogP contribution in [0, 0.1) is 0 Å². The van der Waals surface area contributed by atoms with E-state index in [2.05, 4.69) is 15.5 Å². The first-order valence-electron chi connectivity index (χ1n) is 7.90. The third-order valence-electron chi connectivity index (χ3n) is 4.70. The number of nitrogens with zero attached hydrogens (tertiary/aromatic N) is 2. The molecule has 4 rings (SSSR count). The molecule has 0 spiro atoms. The van der Waals surface area contributed by atoms with Crippen molar-refractivity contribution >= 4 is 11.6 Å². The monoisotopic (exact) mass is 314 g/mol. The SMILES string of the molecule is O=c1ccn2c(c1C1CC1)CN(Cc1ccccc1Cl)CC2. The minimum Gasteiger partial charge on any atom is -0.348 e. The van der Waals surface area contributed by atoms with E-state index >= 15 is 0 Å². The lowest BCUT2D eigenvalue weighted by Gasteiger charge is -2.31. The summed E-state index contributed by atoms with van der Waals surface area (Å²) in [6.07, 6.45) is 4.28. The summed E-state index contributed by atoms with van der Waals surface area (Å²) in [5, 5.41) is 0.820. The molecule has 0 N–H and O–H groups in total. The number of halogens is 1. The fraction of sp³-hybridized carbons (Fsp3) is 0.389. The summed E-state index contributed by atoms with van der Waals surface area (Å²) in [4.78, 5) is 14.6. The van der Waals surface area contributed by atoms with Crippen LogP contribution in [-0.4, -0.2) is 16.0 Å². The molecule has 2 aromatic rings. The zero-order valence-electron chi connectivity index (χ0n) is 12.5. The summed E-state index contributed by atoms with van der Waals surface area (Å²) >= 11 is 6.28. The molecule has 1 saturated carbocycles. The molecule has 0 bridgehead atoms. The maximum absolute atomic E-state index is 12.2. The van der Waals surface area contributed by atoms with Gasteiger partial charge in [-0.15, -0.1) is 0 Å². The van der Waals surface area contributed by atoms with E-state index in [-0.39, 0.29) is 5.43 Å². The molecular weight excluding hydrogens is 296 g/mol. The van der Waals surface area contributed by atoms with Crippen molar-refractivity contribution in [3.05, 3.63) is 68.6 Å². The van der Waals surface area contributed by atoms with Crippen LogP contribution < -0.4 is 5.43 Å². The van der Waals surface area contributed by atoms with Gasteiger partial charge in [-0.2, -0.15) is 0 Å². The number of aromatic nitrogens is 1. The number of hydrogen-bond donors (Lipinski definition) is 0. The Bertz CT molecular complexity index is 764. The number of benzene rings is 1. The minimum atomic E-state index is 0.216. The number of hydrogen-bond acceptors (Lipinski definition) is 2. The predicted molar refractivity (Wildman–Crippen MR) is 88.2 cm³/mol. The van der Waals surface area contributed by atoms with Crippen LogP contribution in [0.3, 0.4) is 0 Å². The molecule has 0 radical (unpaired) electrons. The molecule has 0 saturated heterocycles. The lowest BCUT2D eigenvalue weighted by Crippen LogP contribution is -2.36. The second-order valence-electron chi connectivity index (χ2n) is 6.31. The second kappa shape index (κ2) is 5.56. The molecule has 1 aliphatic carbocycles. The Kier molecular flexibility index (Phi) is 3.55. The van der Waals surface area contributed by atoms with Crippen LogP contribution >= 0.6 is 11.6 Å². The van der Waals surface area contributed by atoms with Crippen molar-refractivity contribution in [3.8, 4) is 0 Å². The largest absolute Gasteiger partial charge is 0.348 e. The van der Waals surface area contributed by atoms with Crippen LogP contribution in [0.15, 0.2) is 41.3 Å². The number of rotatable bonds is 3. The summed E-state index contributed by atoms with van der Waals surface area (Å²) in [5.41, 5.74) is 3.65. The van der Waals surface area contributed by atoms with Crippen molar-refractivity contribution in [2.45, 2.75) is 38.4 Å². The Morgan fingerprint density at radius 1 is 1.14 bits per heavy atom. The third kappa shape index (κ3) is 2.59. The van der Waals surface area contributed by atoms with Crippen molar-refractivity contribution in [3.63, 3.8) is 0 Å². The smallest absolute Gasteiger partial charge is 0.185 e. The number of pyridine rings is 1. The van der Waals surface area contributed by atoms with Gasteiger partial charge in [0.1, 0.15) is 0 Å². The van der Waals surface area contributed by atoms with Gasteiger partial charge in [-0.1, -0.05) is 29.8 Å². The Morgan fingerprint density at radius 2 is 1.95 bits per heavy atom. The van der Waals surface area contributed by atoms with E-state index in [0.717, 1.165) is 55.2 Å². The quantitative estimate of drug-likeness (QED) is 0.867. The van der Waals surface area contributed by atoms with Crippen molar-refractivity contribution in [2.75, 3.05) is 6.54 Å². The Balaban J connectivity index is 1.62. The summed E-state index contributed by atoms with van der Waals surface area (Å²) in [7, 11) is 0. The van der Waals surface area contributed by atoms with Gasteiger partial charge in [0, 0.05) is 54.7 Å². The highest BCUT2D eigenvalue weighted by molar-refractivity contribution is 6.31. The van der Waals surface area contributed by atoms with E-state index in [1.165, 1.54) is 5.69 Å². The average molecular weight is 315 g/mol. The molecule has 22 heavy (non-hydrogen) atoms. The molecule has 4 heteroatoms. The van der Waals surface area contributed by atoms with Gasteiger partial charge in [0.15, 0.2) is 5.43 Å². The zero-order valence-corrected chi connectivity index (χ0v) is 13.2. The predicted octanol–water partition coefficient (Wildman–Crippen LogP) is 3.39. The summed E-state index contributed by atoms with van der Waals surface area (Å²) < 4.78 is 2.26. The van der Waals surface area contributed by atoms with Crippen LogP contribution in [0.25, 0.3) is 0 Å². The van der Waals surface area contributed by atoms with Gasteiger partial charge in [-0.25, -0.2) is 0 Å². The maximum atomic E-state index is 12.2. The molecule has 1 aromatic carbocycles. The van der Waals surface area contributed by atoms with E-state index in [9.17, 15) is 4.79 Å². The Morgan fingerprint density at radius 3 is 2.73 bits per heavy atom. The third-order valence-corrected chi connectivity index (χ3v) is 5.07. The zero-order chi connectivity index (χ0) is 15.1. The van der Waals surface area contributed by atoms with Gasteiger partial charge in [-0.05, 0) is 30.4 Å². The fourth-order valence-electron chi connectivity index (χ4n) is 3.37. The van der Waals surface area contributed by atoms with E-state index in [1.54, 1.807) is 6.07 Å². The Labute approximate surface area is 135 Å². The van der Waals surface area contributed by atoms with Gasteiger partial charge in [-0.3, -0.25) is 9.69 Å². The lowest BCUT2D eigenvalue weighted by molar-refractivity contribution is 0.210. The highest BCUT2D eigenvalue weighted by Crippen LogP contribution is 2.40. The molecule has 1 aromatic heterocycles. The van der Waals surface area contributed by atoms with Crippen molar-refractivity contribution in [1.29, 1.82) is 0 Å². The first-order valence-corrected chi connectivity index (χ1v) is 8.28. The normalized spacial score (nSPS) is 18.2. The highest BCUT2D eigenvalue weighted by atomic mass is 35.5. The van der Waals surface area contributed by atoms with E-state index in [4.69, 9.17) is 11.6 Å². The summed E-state index contributed by atoms with van der Waals surface area (Å²) in [6.45, 7) is 3.62. The van der Waals surface area contributed by atoms with E-state index in [1.807, 2.05) is 24.4 Å². The molecule has 2 heterocycles. The lowest BCUT2D eigenvalue weighted by atomic mass is 10.1. The second-order valence-corrected chi connectivity index (χ2v) is 6.72. The van der Waals surface area contributed by atoms with Gasteiger partial charge in [0.25, 0.3) is 0 Å². The van der Waals surface area contributed by atoms with E-state index < -0.39 is 0 Å². The first kappa shape index (κ1) is 14.0. The highest BCUT2D eigenvalue weighted by Gasteiger charge is 2.31. The summed E-state index contributed by atoms with van der Waals surface area (Å²) in [6, 6.07) is 9.74. The maximum Gasteiger partial charge on any atom is 0.185 e. The molecular formula is C18H19ClN2O. The number of fused-ring (bicyclic) bond motifs is 1. The van der Waals surface area contributed by atoms with Crippen LogP contribution in [0.2, 0.25) is 5.02 Å². The molecule has 0 atom stereocenters. The summed E-state index contributed by atoms with van der Waals surface area (Å²) in [5.74, 6) is 0.496. The van der Waals surface area contributed by atoms with Crippen molar-refractivity contribution in [2.24, 2.45) is 0 Å². The van der Waals surface area contributed by atoms with Crippen LogP contribution in [0.4, 0.5) is 0 Å². The molecule has 1 fully saturated rings. The molecule has 3 nitrogen and oxygen atoms in total. The Hall–Kier alpha value is -1.58. The van der Waals surface area contributed by atoms with Gasteiger partial charge in [0.05, 0.1) is 0 Å². The van der Waals surface area contributed by atoms with E-state index in [0.29, 0.717) is 5.92 Å². The topological polar surface area (TPSA) is 25.2 Å². The fourth-order valence-corrected chi connectivity index (χ4v) is 3.57. The molecule has 2 aliphatic rings. The first-order chi connectivity index (χ1) is 10.7. The standard InChI is InChI=1S/C18H19ClN2O/c19-15-4-2-1-3-14(15)11-20-9-10-21-8-7-17(22)18(13-5-6-13)16(21)12-20/h1-4,7-8,13H,5-6,9-12H2. The molecule has 114 valence electrons. The molecule has 0 amide bonds. The van der Waals surface area contributed by atoms with Crippen molar-refractivity contribution < 1.29 is 0 Å². The van der Waals surface area contributed by atoms with Gasteiger partial charge in [0.2, 0.25) is 0 Å². The van der Waals surface area contributed by atoms with Crippen LogP contribution in [-0.2, 0) is 19.6 Å². The van der Waals surface area contributed by atoms with Gasteiger partial charge < -0.3 is 4.57 Å².